The fourth-order valence-electron chi connectivity index (χ4n) is 1.57. The number of halogens is 4. The van der Waals surface area contributed by atoms with Crippen molar-refractivity contribution in [1.82, 2.24) is 0 Å². The van der Waals surface area contributed by atoms with Crippen LogP contribution in [0, 0.1) is 5.82 Å². The summed E-state index contributed by atoms with van der Waals surface area (Å²) in [4.78, 5) is 0. The monoisotopic (exact) mass is 251 g/mol. The fourth-order valence-corrected chi connectivity index (χ4v) is 1.57. The summed E-state index contributed by atoms with van der Waals surface area (Å²) in [6.45, 7) is -0.162. The Hall–Kier alpha value is -1.14. The molecule has 0 saturated carbocycles. The lowest BCUT2D eigenvalue weighted by atomic mass is 9.97. The van der Waals surface area contributed by atoms with Crippen LogP contribution in [0.1, 0.15) is 30.0 Å². The number of hydrogen-bond acceptors (Lipinski definition) is 2. The van der Waals surface area contributed by atoms with Crippen LogP contribution < -0.4 is 5.73 Å². The maximum atomic E-state index is 12.9. The smallest absolute Gasteiger partial charge is 0.396 e. The van der Waals surface area contributed by atoms with E-state index in [4.69, 9.17) is 10.8 Å². The number of hydrogen-bond donors (Lipinski definition) is 2. The second-order valence-corrected chi connectivity index (χ2v) is 3.70. The molecule has 0 unspecified atom stereocenters. The molecule has 3 N–H and O–H groups in total. The van der Waals surface area contributed by atoms with Gasteiger partial charge in [-0.25, -0.2) is 4.39 Å². The first-order valence-corrected chi connectivity index (χ1v) is 5.09. The molecule has 6 heteroatoms. The van der Waals surface area contributed by atoms with E-state index in [-0.39, 0.29) is 25.0 Å². The molecule has 1 aromatic rings. The van der Waals surface area contributed by atoms with Crippen LogP contribution in [0.3, 0.4) is 0 Å². The van der Waals surface area contributed by atoms with Crippen molar-refractivity contribution in [2.45, 2.75) is 25.1 Å². The summed E-state index contributed by atoms with van der Waals surface area (Å²) in [6, 6.07) is 1.30. The van der Waals surface area contributed by atoms with E-state index in [1.165, 1.54) is 0 Å². The summed E-state index contributed by atoms with van der Waals surface area (Å²) >= 11 is 0. The molecule has 96 valence electrons. The van der Waals surface area contributed by atoms with E-state index in [2.05, 4.69) is 0 Å². The first kappa shape index (κ1) is 13.9. The summed E-state index contributed by atoms with van der Waals surface area (Å²) in [5, 5.41) is 8.59. The van der Waals surface area contributed by atoms with Gasteiger partial charge in [0.05, 0.1) is 5.56 Å². The first-order chi connectivity index (χ1) is 7.86. The average molecular weight is 251 g/mol. The van der Waals surface area contributed by atoms with E-state index in [0.717, 1.165) is 12.1 Å². The van der Waals surface area contributed by atoms with Crippen molar-refractivity contribution in [3.05, 3.63) is 35.1 Å². The lowest BCUT2D eigenvalue weighted by Crippen LogP contribution is -2.18. The maximum Gasteiger partial charge on any atom is 0.416 e. The highest BCUT2D eigenvalue weighted by molar-refractivity contribution is 5.32. The Labute approximate surface area is 96.1 Å². The molecule has 0 heterocycles. The van der Waals surface area contributed by atoms with Crippen LogP contribution >= 0.6 is 0 Å². The molecule has 1 rings (SSSR count). The van der Waals surface area contributed by atoms with E-state index < -0.39 is 23.6 Å². The van der Waals surface area contributed by atoms with Gasteiger partial charge >= 0.3 is 6.18 Å². The second kappa shape index (κ2) is 5.46. The lowest BCUT2D eigenvalue weighted by Gasteiger charge is -2.18. The second-order valence-electron chi connectivity index (χ2n) is 3.70. The third kappa shape index (κ3) is 3.67. The van der Waals surface area contributed by atoms with Crippen LogP contribution in [0.4, 0.5) is 17.6 Å². The predicted octanol–water partition coefficient (Wildman–Crippen LogP) is 2.62. The fraction of sp³-hybridized carbons (Fsp3) is 0.455. The van der Waals surface area contributed by atoms with Crippen molar-refractivity contribution < 1.29 is 22.7 Å². The van der Waals surface area contributed by atoms with E-state index in [1.54, 1.807) is 0 Å². The van der Waals surface area contributed by atoms with Gasteiger partial charge in [-0.05, 0) is 36.6 Å². The zero-order valence-electron chi connectivity index (χ0n) is 8.97. The number of aliphatic hydroxyl groups excluding tert-OH is 1. The molecule has 0 aliphatic rings. The molecule has 0 aliphatic heterocycles. The summed E-state index contributed by atoms with van der Waals surface area (Å²) in [7, 11) is 0. The molecule has 2 nitrogen and oxygen atoms in total. The Morgan fingerprint density at radius 1 is 1.29 bits per heavy atom. The Morgan fingerprint density at radius 3 is 2.47 bits per heavy atom. The molecule has 1 aromatic carbocycles. The van der Waals surface area contributed by atoms with Gasteiger partial charge in [0.1, 0.15) is 5.82 Å². The van der Waals surface area contributed by atoms with Gasteiger partial charge in [0.2, 0.25) is 0 Å². The van der Waals surface area contributed by atoms with E-state index in [9.17, 15) is 17.6 Å². The number of nitrogens with two attached hydrogens (primary N) is 1. The highest BCUT2D eigenvalue weighted by atomic mass is 19.4. The molecule has 0 aliphatic carbocycles. The number of aliphatic hydroxyl groups is 1. The van der Waals surface area contributed by atoms with Crippen molar-refractivity contribution in [1.29, 1.82) is 0 Å². The van der Waals surface area contributed by atoms with Crippen LogP contribution in [0.15, 0.2) is 18.2 Å². The SMILES string of the molecule is N[C@H](CCCO)c1cc(F)ccc1C(F)(F)F. The third-order valence-corrected chi connectivity index (χ3v) is 2.39. The lowest BCUT2D eigenvalue weighted by molar-refractivity contribution is -0.138. The highest BCUT2D eigenvalue weighted by Gasteiger charge is 2.34. The molecule has 0 bridgehead atoms. The molecule has 0 amide bonds. The summed E-state index contributed by atoms with van der Waals surface area (Å²) in [5.74, 6) is -0.757. The standard InChI is InChI=1S/C11H13F4NO/c12-7-3-4-9(11(13,14)15)8(6-7)10(16)2-1-5-17/h3-4,6,10,17H,1-2,5,16H2/t10-/m1/s1. The Bertz CT molecular complexity index is 378. The Morgan fingerprint density at radius 2 is 1.94 bits per heavy atom. The van der Waals surface area contributed by atoms with Gasteiger partial charge in [0.25, 0.3) is 0 Å². The normalized spacial score (nSPS) is 13.8. The number of alkyl halides is 3. The molecule has 17 heavy (non-hydrogen) atoms. The van der Waals surface area contributed by atoms with Crippen molar-refractivity contribution in [3.63, 3.8) is 0 Å². The van der Waals surface area contributed by atoms with Gasteiger partial charge in [-0.3, -0.25) is 0 Å². The third-order valence-electron chi connectivity index (χ3n) is 2.39. The molecule has 0 aromatic heterocycles. The summed E-state index contributed by atoms with van der Waals surface area (Å²) in [5.41, 5.74) is 4.37. The van der Waals surface area contributed by atoms with Crippen molar-refractivity contribution in [2.24, 2.45) is 5.73 Å². The largest absolute Gasteiger partial charge is 0.416 e. The summed E-state index contributed by atoms with van der Waals surface area (Å²) < 4.78 is 50.9. The van der Waals surface area contributed by atoms with Gasteiger partial charge < -0.3 is 10.8 Å². The van der Waals surface area contributed by atoms with Crippen LogP contribution in [-0.4, -0.2) is 11.7 Å². The minimum absolute atomic E-state index is 0.162. The maximum absolute atomic E-state index is 12.9. The van der Waals surface area contributed by atoms with E-state index in [1.807, 2.05) is 0 Å². The zero-order chi connectivity index (χ0) is 13.1. The van der Waals surface area contributed by atoms with Crippen LogP contribution in [0.2, 0.25) is 0 Å². The first-order valence-electron chi connectivity index (χ1n) is 5.09. The highest BCUT2D eigenvalue weighted by Crippen LogP contribution is 2.35. The molecular weight excluding hydrogens is 238 g/mol. The van der Waals surface area contributed by atoms with Crippen molar-refractivity contribution in [2.75, 3.05) is 6.61 Å². The van der Waals surface area contributed by atoms with Gasteiger partial charge in [-0.15, -0.1) is 0 Å². The molecule has 0 fully saturated rings. The summed E-state index contributed by atoms with van der Waals surface area (Å²) in [6.07, 6.45) is -4.11. The Balaban J connectivity index is 3.07. The predicted molar refractivity (Wildman–Crippen MR) is 54.7 cm³/mol. The zero-order valence-corrected chi connectivity index (χ0v) is 8.97. The van der Waals surface area contributed by atoms with Gasteiger partial charge in [0, 0.05) is 12.6 Å². The van der Waals surface area contributed by atoms with Crippen molar-refractivity contribution >= 4 is 0 Å². The topological polar surface area (TPSA) is 46.2 Å². The number of rotatable bonds is 4. The van der Waals surface area contributed by atoms with E-state index in [0.29, 0.717) is 6.07 Å². The van der Waals surface area contributed by atoms with Gasteiger partial charge in [0.15, 0.2) is 0 Å². The minimum atomic E-state index is -4.56. The van der Waals surface area contributed by atoms with Crippen LogP contribution in [-0.2, 0) is 6.18 Å². The average Bonchev–Trinajstić information content (AvgIpc) is 2.24. The van der Waals surface area contributed by atoms with E-state index >= 15 is 0 Å². The van der Waals surface area contributed by atoms with Gasteiger partial charge in [-0.1, -0.05) is 0 Å². The van der Waals surface area contributed by atoms with Crippen LogP contribution in [0.25, 0.3) is 0 Å². The molecule has 1 atom stereocenters. The molecular formula is C11H13F4NO. The molecule has 0 spiro atoms. The van der Waals surface area contributed by atoms with Crippen molar-refractivity contribution in [3.8, 4) is 0 Å². The molecule has 0 radical (unpaired) electrons. The number of benzene rings is 1. The quantitative estimate of drug-likeness (QED) is 0.808. The molecule has 0 saturated heterocycles. The minimum Gasteiger partial charge on any atom is -0.396 e. The van der Waals surface area contributed by atoms with Gasteiger partial charge in [-0.2, -0.15) is 13.2 Å². The Kier molecular flexibility index (Phi) is 4.47. The van der Waals surface area contributed by atoms with Crippen LogP contribution in [0.5, 0.6) is 0 Å².